The van der Waals surface area contributed by atoms with Gasteiger partial charge in [-0.15, -0.1) is 0 Å². The quantitative estimate of drug-likeness (QED) is 0.737. The van der Waals surface area contributed by atoms with E-state index in [1.54, 1.807) is 6.92 Å². The molecule has 3 heteroatoms. The predicted octanol–water partition coefficient (Wildman–Crippen LogP) is 2.44. The molecule has 3 nitrogen and oxygen atoms in total. The summed E-state index contributed by atoms with van der Waals surface area (Å²) < 4.78 is 5.53. The third kappa shape index (κ3) is 4.27. The minimum Gasteiger partial charge on any atom is -0.479 e. The van der Waals surface area contributed by atoms with Crippen LogP contribution in [0.2, 0.25) is 0 Å². The zero-order valence-corrected chi connectivity index (χ0v) is 9.18. The molecule has 0 saturated heterocycles. The lowest BCUT2D eigenvalue weighted by atomic mass is 9.99. The topological polar surface area (TPSA) is 46.5 Å². The first-order valence-corrected chi connectivity index (χ1v) is 4.65. The van der Waals surface area contributed by atoms with Crippen LogP contribution < -0.4 is 0 Å². The Labute approximate surface area is 80.1 Å². The van der Waals surface area contributed by atoms with Crippen LogP contribution in [0.1, 0.15) is 47.5 Å². The molecule has 1 unspecified atom stereocenters. The Morgan fingerprint density at radius 1 is 1.31 bits per heavy atom. The molecular weight excluding hydrogens is 168 g/mol. The number of carboxylic acids is 1. The Kier molecular flexibility index (Phi) is 3.91. The van der Waals surface area contributed by atoms with Gasteiger partial charge < -0.3 is 9.84 Å². The summed E-state index contributed by atoms with van der Waals surface area (Å²) in [5.41, 5.74) is -1.46. The average Bonchev–Trinajstić information content (AvgIpc) is 1.82. The molecule has 0 aliphatic carbocycles. The van der Waals surface area contributed by atoms with Crippen LogP contribution in [-0.4, -0.2) is 22.3 Å². The van der Waals surface area contributed by atoms with Crippen molar-refractivity contribution in [1.82, 2.24) is 0 Å². The van der Waals surface area contributed by atoms with Crippen LogP contribution in [0.15, 0.2) is 0 Å². The summed E-state index contributed by atoms with van der Waals surface area (Å²) in [5, 5.41) is 9.00. The third-order valence-corrected chi connectivity index (χ3v) is 1.71. The second kappa shape index (κ2) is 4.09. The summed E-state index contributed by atoms with van der Waals surface area (Å²) in [5.74, 6) is -0.885. The maximum Gasteiger partial charge on any atom is 0.335 e. The van der Waals surface area contributed by atoms with Gasteiger partial charge in [-0.1, -0.05) is 13.3 Å². The van der Waals surface area contributed by atoms with Gasteiger partial charge in [0.05, 0.1) is 5.60 Å². The predicted molar refractivity (Wildman–Crippen MR) is 51.8 cm³/mol. The fourth-order valence-electron chi connectivity index (χ4n) is 1.35. The molecule has 13 heavy (non-hydrogen) atoms. The van der Waals surface area contributed by atoms with E-state index >= 15 is 0 Å². The number of carboxylic acid groups (broad SMARTS) is 1. The van der Waals surface area contributed by atoms with E-state index in [2.05, 4.69) is 0 Å². The van der Waals surface area contributed by atoms with Crippen LogP contribution in [0.25, 0.3) is 0 Å². The highest BCUT2D eigenvalue weighted by molar-refractivity contribution is 5.76. The summed E-state index contributed by atoms with van der Waals surface area (Å²) in [6.07, 6.45) is 1.35. The lowest BCUT2D eigenvalue weighted by Gasteiger charge is -2.33. The zero-order valence-electron chi connectivity index (χ0n) is 9.18. The van der Waals surface area contributed by atoms with Gasteiger partial charge in [-0.2, -0.15) is 0 Å². The van der Waals surface area contributed by atoms with Gasteiger partial charge in [0.15, 0.2) is 5.60 Å². The Balaban J connectivity index is 4.51. The fraction of sp³-hybridized carbons (Fsp3) is 0.900. The molecule has 0 rings (SSSR count). The van der Waals surface area contributed by atoms with Crippen molar-refractivity contribution in [3.05, 3.63) is 0 Å². The molecular formula is C10H20O3. The van der Waals surface area contributed by atoms with Crippen LogP contribution in [0, 0.1) is 0 Å². The first-order valence-electron chi connectivity index (χ1n) is 4.65. The lowest BCUT2D eigenvalue weighted by molar-refractivity contribution is -0.182. The molecule has 78 valence electrons. The van der Waals surface area contributed by atoms with Gasteiger partial charge in [-0.05, 0) is 34.1 Å². The van der Waals surface area contributed by atoms with Gasteiger partial charge in [0.2, 0.25) is 0 Å². The molecule has 1 N–H and O–H groups in total. The van der Waals surface area contributed by atoms with E-state index in [-0.39, 0.29) is 0 Å². The highest BCUT2D eigenvalue weighted by Crippen LogP contribution is 2.24. The van der Waals surface area contributed by atoms with Gasteiger partial charge in [-0.3, -0.25) is 0 Å². The van der Waals surface area contributed by atoms with Crippen molar-refractivity contribution in [2.45, 2.75) is 58.7 Å². The molecule has 0 aliphatic heterocycles. The first-order chi connectivity index (χ1) is 5.71. The Morgan fingerprint density at radius 2 is 1.77 bits per heavy atom. The van der Waals surface area contributed by atoms with Crippen molar-refractivity contribution in [1.29, 1.82) is 0 Å². The van der Waals surface area contributed by atoms with E-state index in [9.17, 15) is 4.79 Å². The molecule has 0 heterocycles. The van der Waals surface area contributed by atoms with Gasteiger partial charge in [0.25, 0.3) is 0 Å². The second-order valence-corrected chi connectivity index (χ2v) is 4.50. The molecule has 0 bridgehead atoms. The van der Waals surface area contributed by atoms with Crippen molar-refractivity contribution in [2.24, 2.45) is 0 Å². The van der Waals surface area contributed by atoms with Gasteiger partial charge >= 0.3 is 5.97 Å². The molecule has 0 radical (unpaired) electrons. The first kappa shape index (κ1) is 12.4. The Hall–Kier alpha value is -0.570. The number of ether oxygens (including phenoxy) is 1. The van der Waals surface area contributed by atoms with Crippen molar-refractivity contribution in [3.63, 3.8) is 0 Å². The van der Waals surface area contributed by atoms with Crippen LogP contribution in [0.4, 0.5) is 0 Å². The minimum absolute atomic E-state index is 0.414. The van der Waals surface area contributed by atoms with E-state index in [0.29, 0.717) is 6.42 Å². The third-order valence-electron chi connectivity index (χ3n) is 1.71. The van der Waals surface area contributed by atoms with E-state index in [1.807, 2.05) is 27.7 Å². The highest BCUT2D eigenvalue weighted by atomic mass is 16.5. The van der Waals surface area contributed by atoms with Crippen LogP contribution in [0.3, 0.4) is 0 Å². The summed E-state index contributed by atoms with van der Waals surface area (Å²) in [7, 11) is 0. The monoisotopic (exact) mass is 188 g/mol. The molecule has 0 aromatic rings. The van der Waals surface area contributed by atoms with Crippen LogP contribution in [-0.2, 0) is 9.53 Å². The fourth-order valence-corrected chi connectivity index (χ4v) is 1.35. The molecule has 0 aromatic carbocycles. The number of aliphatic carboxylic acids is 1. The molecule has 0 amide bonds. The Bertz CT molecular complexity index is 181. The summed E-state index contributed by atoms with van der Waals surface area (Å²) in [6, 6.07) is 0. The molecule has 0 saturated carbocycles. The van der Waals surface area contributed by atoms with Crippen molar-refractivity contribution in [3.8, 4) is 0 Å². The van der Waals surface area contributed by atoms with Gasteiger partial charge in [0, 0.05) is 0 Å². The van der Waals surface area contributed by atoms with Crippen molar-refractivity contribution >= 4 is 5.97 Å². The van der Waals surface area contributed by atoms with Gasteiger partial charge in [-0.25, -0.2) is 4.79 Å². The van der Waals surface area contributed by atoms with Crippen LogP contribution >= 0.6 is 0 Å². The van der Waals surface area contributed by atoms with E-state index in [0.717, 1.165) is 6.42 Å². The molecule has 0 aliphatic rings. The van der Waals surface area contributed by atoms with Gasteiger partial charge in [0.1, 0.15) is 0 Å². The van der Waals surface area contributed by atoms with E-state index in [4.69, 9.17) is 9.84 Å². The smallest absolute Gasteiger partial charge is 0.335 e. The normalized spacial score (nSPS) is 16.7. The maximum absolute atomic E-state index is 11.0. The highest BCUT2D eigenvalue weighted by Gasteiger charge is 2.37. The summed E-state index contributed by atoms with van der Waals surface area (Å²) >= 11 is 0. The number of hydrogen-bond donors (Lipinski definition) is 1. The maximum atomic E-state index is 11.0. The van der Waals surface area contributed by atoms with Crippen LogP contribution in [0.5, 0.6) is 0 Å². The number of carbonyl (C=O) groups is 1. The summed E-state index contributed by atoms with van der Waals surface area (Å²) in [6.45, 7) is 9.18. The molecule has 0 spiro atoms. The second-order valence-electron chi connectivity index (χ2n) is 4.50. The SMILES string of the molecule is CCCC(C)(OC(C)(C)C)C(=O)O. The Morgan fingerprint density at radius 3 is 2.00 bits per heavy atom. The molecule has 1 atom stereocenters. The molecule has 0 aromatic heterocycles. The van der Waals surface area contributed by atoms with Crippen molar-refractivity contribution in [2.75, 3.05) is 0 Å². The zero-order chi connectivity index (χ0) is 10.7. The average molecular weight is 188 g/mol. The van der Waals surface area contributed by atoms with E-state index < -0.39 is 17.2 Å². The minimum atomic E-state index is -1.05. The molecule has 0 fully saturated rings. The standard InChI is InChI=1S/C10H20O3/c1-6-7-10(5,8(11)12)13-9(2,3)4/h6-7H2,1-5H3,(H,11,12). The largest absolute Gasteiger partial charge is 0.479 e. The number of rotatable bonds is 4. The lowest BCUT2D eigenvalue weighted by Crippen LogP contribution is -2.44. The van der Waals surface area contributed by atoms with E-state index in [1.165, 1.54) is 0 Å². The number of hydrogen-bond acceptors (Lipinski definition) is 2. The van der Waals surface area contributed by atoms with Crippen molar-refractivity contribution < 1.29 is 14.6 Å². The summed E-state index contributed by atoms with van der Waals surface area (Å²) in [4.78, 5) is 11.0.